The fraction of sp³-hybridized carbons (Fsp3) is 0.190. The first-order chi connectivity index (χ1) is 16.0. The largest absolute Gasteiger partial charge is 0.454 e. The maximum atomic E-state index is 12.5. The molecule has 1 aliphatic heterocycles. The molecule has 0 aliphatic carbocycles. The van der Waals surface area contributed by atoms with Crippen molar-refractivity contribution in [3.63, 3.8) is 0 Å². The molecular formula is C21H18N4O6S2. The summed E-state index contributed by atoms with van der Waals surface area (Å²) in [6.45, 7) is 1.48. The van der Waals surface area contributed by atoms with E-state index in [1.165, 1.54) is 23.6 Å². The van der Waals surface area contributed by atoms with Crippen LogP contribution in [0.25, 0.3) is 0 Å². The molecule has 0 spiro atoms. The number of nitrogens with zero attached hydrogens (tertiary/aromatic N) is 2. The third-order valence-corrected chi connectivity index (χ3v) is 6.07. The van der Waals surface area contributed by atoms with Crippen molar-refractivity contribution in [3.05, 3.63) is 53.2 Å². The van der Waals surface area contributed by atoms with Gasteiger partial charge in [0.25, 0.3) is 5.91 Å². The number of pyridine rings is 1. The van der Waals surface area contributed by atoms with Crippen molar-refractivity contribution in [2.45, 2.75) is 11.9 Å². The Morgan fingerprint density at radius 2 is 2.00 bits per heavy atom. The zero-order valence-corrected chi connectivity index (χ0v) is 19.0. The maximum Gasteiger partial charge on any atom is 0.341 e. The quantitative estimate of drug-likeness (QED) is 0.364. The number of ether oxygens (including phenoxy) is 3. The number of amides is 2. The topological polar surface area (TPSA) is 129 Å². The molecule has 1 aromatic carbocycles. The van der Waals surface area contributed by atoms with Crippen molar-refractivity contribution >= 4 is 51.7 Å². The van der Waals surface area contributed by atoms with Gasteiger partial charge in [0.2, 0.25) is 12.7 Å². The lowest BCUT2D eigenvalue weighted by atomic mass is 10.3. The number of carbonyl (C=O) groups is 3. The van der Waals surface area contributed by atoms with Gasteiger partial charge in [0.05, 0.1) is 17.0 Å². The van der Waals surface area contributed by atoms with Crippen LogP contribution in [0.4, 0.5) is 10.8 Å². The van der Waals surface area contributed by atoms with Gasteiger partial charge in [-0.3, -0.25) is 14.9 Å². The van der Waals surface area contributed by atoms with E-state index in [9.17, 15) is 14.4 Å². The molecule has 0 saturated carbocycles. The third kappa shape index (κ3) is 5.99. The Balaban J connectivity index is 1.29. The summed E-state index contributed by atoms with van der Waals surface area (Å²) in [7, 11) is 0. The van der Waals surface area contributed by atoms with Gasteiger partial charge in [-0.05, 0) is 31.2 Å². The summed E-state index contributed by atoms with van der Waals surface area (Å²) in [5.41, 5.74) is 1.51. The van der Waals surface area contributed by atoms with Crippen LogP contribution >= 0.6 is 23.1 Å². The molecule has 0 radical (unpaired) electrons. The summed E-state index contributed by atoms with van der Waals surface area (Å²) in [4.78, 5) is 45.1. The Kier molecular flexibility index (Phi) is 7.05. The summed E-state index contributed by atoms with van der Waals surface area (Å²) < 4.78 is 15.6. The number of aromatic nitrogens is 2. The van der Waals surface area contributed by atoms with E-state index in [2.05, 4.69) is 20.6 Å². The van der Waals surface area contributed by atoms with E-state index in [4.69, 9.17) is 14.2 Å². The Morgan fingerprint density at radius 1 is 1.15 bits per heavy atom. The minimum absolute atomic E-state index is 0.00954. The van der Waals surface area contributed by atoms with Crippen LogP contribution < -0.4 is 20.1 Å². The predicted molar refractivity (Wildman–Crippen MR) is 122 cm³/mol. The smallest absolute Gasteiger partial charge is 0.341 e. The predicted octanol–water partition coefficient (Wildman–Crippen LogP) is 3.10. The standard InChI is InChI=1S/C21H18N4O6S2/c1-12-9-33-21(23-12)25-17(26)8-29-20(28)14-3-2-6-22-19(14)32-10-18(27)24-13-4-5-15-16(7-13)31-11-30-15/h2-7,9H,8,10-11H2,1H3,(H,24,27)(H,23,25,26). The van der Waals surface area contributed by atoms with Gasteiger partial charge in [-0.25, -0.2) is 14.8 Å². The highest BCUT2D eigenvalue weighted by Gasteiger charge is 2.18. The molecule has 3 aromatic rings. The number of anilines is 2. The number of hydrogen-bond acceptors (Lipinski definition) is 10. The van der Waals surface area contributed by atoms with Gasteiger partial charge in [0.1, 0.15) is 5.03 Å². The second-order valence-electron chi connectivity index (χ2n) is 6.68. The van der Waals surface area contributed by atoms with Crippen molar-refractivity contribution in [2.75, 3.05) is 29.8 Å². The maximum absolute atomic E-state index is 12.5. The third-order valence-electron chi connectivity index (χ3n) is 4.19. The summed E-state index contributed by atoms with van der Waals surface area (Å²) in [5.74, 6) is -0.317. The number of aryl methyl sites for hydroxylation is 1. The molecule has 0 atom stereocenters. The summed E-state index contributed by atoms with van der Waals surface area (Å²) in [6, 6.07) is 8.19. The van der Waals surface area contributed by atoms with E-state index in [0.717, 1.165) is 17.5 Å². The van der Waals surface area contributed by atoms with E-state index in [1.807, 2.05) is 6.92 Å². The molecule has 2 amide bonds. The van der Waals surface area contributed by atoms with Gasteiger partial charge in [0, 0.05) is 23.3 Å². The van der Waals surface area contributed by atoms with E-state index < -0.39 is 18.5 Å². The Labute approximate surface area is 196 Å². The second-order valence-corrected chi connectivity index (χ2v) is 8.50. The summed E-state index contributed by atoms with van der Waals surface area (Å²) in [6.07, 6.45) is 1.51. The van der Waals surface area contributed by atoms with E-state index >= 15 is 0 Å². The number of hydrogen-bond donors (Lipinski definition) is 2. The number of esters is 1. The summed E-state index contributed by atoms with van der Waals surface area (Å²) in [5, 5.41) is 7.87. The number of rotatable bonds is 8. The molecule has 12 heteroatoms. The van der Waals surface area contributed by atoms with Gasteiger partial charge >= 0.3 is 5.97 Å². The lowest BCUT2D eigenvalue weighted by Crippen LogP contribution is -2.21. The van der Waals surface area contributed by atoms with Crippen molar-refractivity contribution < 1.29 is 28.6 Å². The SMILES string of the molecule is Cc1csc(NC(=O)COC(=O)c2cccnc2SCC(=O)Nc2ccc3c(c2)OCO3)n1. The number of thioether (sulfide) groups is 1. The van der Waals surface area contributed by atoms with Crippen molar-refractivity contribution in [1.29, 1.82) is 0 Å². The molecule has 10 nitrogen and oxygen atoms in total. The molecule has 2 N–H and O–H groups in total. The molecule has 0 bridgehead atoms. The zero-order valence-electron chi connectivity index (χ0n) is 17.3. The Bertz CT molecular complexity index is 1200. The van der Waals surface area contributed by atoms with Gasteiger partial charge in [-0.15, -0.1) is 11.3 Å². The minimum Gasteiger partial charge on any atom is -0.454 e. The molecule has 2 aromatic heterocycles. The van der Waals surface area contributed by atoms with Crippen LogP contribution in [0.2, 0.25) is 0 Å². The number of carbonyl (C=O) groups excluding carboxylic acids is 3. The average Bonchev–Trinajstić information content (AvgIpc) is 3.44. The molecule has 33 heavy (non-hydrogen) atoms. The lowest BCUT2D eigenvalue weighted by molar-refractivity contribution is -0.119. The van der Waals surface area contributed by atoms with E-state index in [0.29, 0.717) is 27.3 Å². The minimum atomic E-state index is -0.716. The highest BCUT2D eigenvalue weighted by Crippen LogP contribution is 2.34. The number of benzene rings is 1. The molecule has 3 heterocycles. The monoisotopic (exact) mass is 486 g/mol. The van der Waals surface area contributed by atoms with E-state index in [1.54, 1.807) is 29.6 Å². The second kappa shape index (κ2) is 10.3. The number of thiazole rings is 1. The highest BCUT2D eigenvalue weighted by atomic mass is 32.2. The van der Waals surface area contributed by atoms with Crippen LogP contribution in [0.15, 0.2) is 46.9 Å². The van der Waals surface area contributed by atoms with Gasteiger partial charge < -0.3 is 19.5 Å². The highest BCUT2D eigenvalue weighted by molar-refractivity contribution is 8.00. The van der Waals surface area contributed by atoms with Crippen LogP contribution in [-0.2, 0) is 14.3 Å². The van der Waals surface area contributed by atoms with Crippen LogP contribution in [0, 0.1) is 6.92 Å². The van der Waals surface area contributed by atoms with Crippen LogP contribution in [0.3, 0.4) is 0 Å². The molecule has 170 valence electrons. The molecule has 0 fully saturated rings. The fourth-order valence-corrected chi connectivity index (χ4v) is 4.23. The van der Waals surface area contributed by atoms with Crippen LogP contribution in [0.5, 0.6) is 11.5 Å². The fourth-order valence-electron chi connectivity index (χ4n) is 2.74. The lowest BCUT2D eigenvalue weighted by Gasteiger charge is -2.09. The Morgan fingerprint density at radius 3 is 2.82 bits per heavy atom. The normalized spacial score (nSPS) is 11.7. The van der Waals surface area contributed by atoms with Gasteiger partial charge in [0.15, 0.2) is 23.2 Å². The zero-order chi connectivity index (χ0) is 23.2. The molecular weight excluding hydrogens is 468 g/mol. The molecule has 4 rings (SSSR count). The average molecular weight is 487 g/mol. The van der Waals surface area contributed by atoms with Crippen molar-refractivity contribution in [3.8, 4) is 11.5 Å². The first-order valence-corrected chi connectivity index (χ1v) is 11.5. The van der Waals surface area contributed by atoms with Crippen LogP contribution in [0.1, 0.15) is 16.1 Å². The van der Waals surface area contributed by atoms with Crippen molar-refractivity contribution in [1.82, 2.24) is 9.97 Å². The van der Waals surface area contributed by atoms with E-state index in [-0.39, 0.29) is 24.0 Å². The number of fused-ring (bicyclic) bond motifs is 1. The van der Waals surface area contributed by atoms with Gasteiger partial charge in [-0.1, -0.05) is 11.8 Å². The first kappa shape index (κ1) is 22.6. The number of nitrogens with one attached hydrogen (secondary N) is 2. The molecule has 0 saturated heterocycles. The van der Waals surface area contributed by atoms with Crippen molar-refractivity contribution in [2.24, 2.45) is 0 Å². The summed E-state index contributed by atoms with van der Waals surface area (Å²) >= 11 is 2.36. The molecule has 1 aliphatic rings. The van der Waals surface area contributed by atoms with Gasteiger partial charge in [-0.2, -0.15) is 0 Å². The van der Waals surface area contributed by atoms with Crippen LogP contribution in [-0.4, -0.2) is 46.9 Å². The Hall–Kier alpha value is -3.64. The molecule has 0 unspecified atom stereocenters. The first-order valence-electron chi connectivity index (χ1n) is 9.64.